The summed E-state index contributed by atoms with van der Waals surface area (Å²) in [6, 6.07) is -0.949. The van der Waals surface area contributed by atoms with E-state index < -0.39 is 26.6 Å². The number of phosphoric ester groups is 1. The van der Waals surface area contributed by atoms with Gasteiger partial charge in [-0.1, -0.05) is 153 Å². The van der Waals surface area contributed by atoms with Crippen molar-refractivity contribution in [3.05, 3.63) is 146 Å². The van der Waals surface area contributed by atoms with Crippen LogP contribution in [-0.2, 0) is 18.4 Å². The maximum Gasteiger partial charge on any atom is 0.268 e. The first-order valence-electron chi connectivity index (χ1n) is 22.2. The Bertz CT molecular complexity index is 1470. The fourth-order valence-corrected chi connectivity index (χ4v) is 5.85. The third-order valence-electron chi connectivity index (χ3n) is 8.61. The van der Waals surface area contributed by atoms with E-state index in [0.717, 1.165) is 83.5 Å². The monoisotopic (exact) mass is 849 g/mol. The van der Waals surface area contributed by atoms with Crippen molar-refractivity contribution in [3.8, 4) is 0 Å². The Morgan fingerprint density at radius 3 is 1.45 bits per heavy atom. The minimum atomic E-state index is -4.62. The van der Waals surface area contributed by atoms with Crippen LogP contribution in [0.15, 0.2) is 146 Å². The summed E-state index contributed by atoms with van der Waals surface area (Å²) in [5.41, 5.74) is 0. The van der Waals surface area contributed by atoms with Crippen LogP contribution < -0.4 is 10.2 Å². The Labute approximate surface area is 366 Å². The molecule has 2 N–H and O–H groups in total. The number of nitrogens with zero attached hydrogens (tertiary/aromatic N) is 1. The number of aliphatic hydroxyl groups excluding tert-OH is 1. The first-order chi connectivity index (χ1) is 29.0. The number of unbranched alkanes of at least 4 members (excludes halogenated alkanes) is 3. The third kappa shape index (κ3) is 42.5. The van der Waals surface area contributed by atoms with Gasteiger partial charge in [0.25, 0.3) is 7.82 Å². The molecule has 0 aromatic rings. The van der Waals surface area contributed by atoms with Crippen LogP contribution in [0.3, 0.4) is 0 Å². The molecular weight excluding hydrogens is 768 g/mol. The number of quaternary nitrogens is 1. The predicted octanol–water partition coefficient (Wildman–Crippen LogP) is 12.0. The van der Waals surface area contributed by atoms with Crippen molar-refractivity contribution in [1.29, 1.82) is 0 Å². The van der Waals surface area contributed by atoms with Crippen LogP contribution >= 0.6 is 7.82 Å². The molecule has 1 amide bonds. The molecule has 0 aliphatic heterocycles. The fourth-order valence-electron chi connectivity index (χ4n) is 5.13. The number of hydrogen-bond donors (Lipinski definition) is 2. The van der Waals surface area contributed by atoms with E-state index in [2.05, 4.69) is 140 Å². The zero-order valence-corrected chi connectivity index (χ0v) is 38.7. The SMILES string of the molecule is C/C=C/CC/C=C/CC/C=C/C(O)C(COP(=O)([O-])OCC[N+](C)(C)C)NC(=O)CCC/C=C\C/C=C\C/C=C\C/C=C\C/C=C\C/C=C\C/C=C\C/C=C\C/C=C\CC. The minimum Gasteiger partial charge on any atom is -0.756 e. The largest absolute Gasteiger partial charge is 0.756 e. The lowest BCUT2D eigenvalue weighted by molar-refractivity contribution is -0.870. The molecule has 0 aliphatic rings. The third-order valence-corrected chi connectivity index (χ3v) is 9.57. The molecule has 0 saturated carbocycles. The van der Waals surface area contributed by atoms with E-state index in [0.29, 0.717) is 23.9 Å². The summed E-state index contributed by atoms with van der Waals surface area (Å²) >= 11 is 0. The summed E-state index contributed by atoms with van der Waals surface area (Å²) in [4.78, 5) is 25.2. The molecule has 3 atom stereocenters. The van der Waals surface area contributed by atoms with Crippen molar-refractivity contribution >= 4 is 13.7 Å². The zero-order valence-electron chi connectivity index (χ0n) is 37.8. The van der Waals surface area contributed by atoms with Gasteiger partial charge in [-0.15, -0.1) is 0 Å². The molecule has 0 heterocycles. The van der Waals surface area contributed by atoms with Crippen molar-refractivity contribution in [1.82, 2.24) is 5.32 Å². The highest BCUT2D eigenvalue weighted by atomic mass is 31.2. The molecule has 0 bridgehead atoms. The van der Waals surface area contributed by atoms with Gasteiger partial charge in [0.15, 0.2) is 0 Å². The number of allylic oxidation sites excluding steroid dienone is 23. The standard InChI is InChI=1S/C51H81N2O6P/c1-6-8-10-12-14-16-17-18-19-20-21-22-23-24-25-26-27-28-29-30-31-32-33-34-35-37-39-41-43-45-51(55)52-49(48-59-60(56,57)58-47-46-53(3,4)5)50(54)44-42-40-38-36-15-13-11-9-7-2/h7-10,14-16,18-19,21-22,24-25,27-28,30-31,33-34,36-37,39,42,44,49-50,54H,6,11-13,17,20,23,26,29,32,35,38,40-41,43,45-48H2,1-5H3,(H-,52,55,56,57)/b9-7+,10-8-,16-14-,19-18-,22-21-,25-24-,28-27-,31-30-,34-33-,36-15+,39-37-,44-42+. The topological polar surface area (TPSA) is 108 Å². The first kappa shape index (κ1) is 56.4. The maximum atomic E-state index is 12.8. The summed E-state index contributed by atoms with van der Waals surface area (Å²) in [6.07, 6.45) is 63.7. The van der Waals surface area contributed by atoms with Crippen LogP contribution in [0.1, 0.15) is 117 Å². The number of phosphoric acid groups is 1. The number of carbonyl (C=O) groups excluding carboxylic acids is 1. The fraction of sp³-hybridized carbons (Fsp3) is 0.510. The first-order valence-corrected chi connectivity index (χ1v) is 23.6. The minimum absolute atomic E-state index is 0.0297. The Balaban J connectivity index is 4.42. The summed E-state index contributed by atoms with van der Waals surface area (Å²) < 4.78 is 23.0. The van der Waals surface area contributed by atoms with Gasteiger partial charge in [0.2, 0.25) is 5.91 Å². The van der Waals surface area contributed by atoms with E-state index in [1.165, 1.54) is 0 Å². The molecular formula is C51H81N2O6P. The number of amides is 1. The number of nitrogens with one attached hydrogen (secondary N) is 1. The van der Waals surface area contributed by atoms with Crippen molar-refractivity contribution < 1.29 is 32.9 Å². The molecule has 0 aliphatic carbocycles. The number of likely N-dealkylation sites (N-methyl/N-ethyl adjacent to an activating group) is 1. The number of rotatable bonds is 37. The van der Waals surface area contributed by atoms with Crippen LogP contribution in [0.5, 0.6) is 0 Å². The second kappa shape index (κ2) is 40.8. The Morgan fingerprint density at radius 1 is 0.617 bits per heavy atom. The quantitative estimate of drug-likeness (QED) is 0.0279. The van der Waals surface area contributed by atoms with Gasteiger partial charge in [-0.05, 0) is 103 Å². The van der Waals surface area contributed by atoms with Crippen molar-refractivity contribution in [3.63, 3.8) is 0 Å². The number of carbonyl (C=O) groups is 1. The van der Waals surface area contributed by atoms with Crippen molar-refractivity contribution in [2.75, 3.05) is 40.9 Å². The Morgan fingerprint density at radius 2 is 1.02 bits per heavy atom. The lowest BCUT2D eigenvalue weighted by Crippen LogP contribution is -2.45. The average molecular weight is 849 g/mol. The van der Waals surface area contributed by atoms with Gasteiger partial charge in [0.1, 0.15) is 13.2 Å². The van der Waals surface area contributed by atoms with E-state index in [9.17, 15) is 19.4 Å². The molecule has 3 unspecified atom stereocenters. The number of hydrogen-bond acceptors (Lipinski definition) is 6. The molecule has 0 aromatic carbocycles. The lowest BCUT2D eigenvalue weighted by Gasteiger charge is -2.29. The molecule has 0 rings (SSSR count). The van der Waals surface area contributed by atoms with Gasteiger partial charge in [-0.2, -0.15) is 0 Å². The molecule has 9 heteroatoms. The second-order valence-corrected chi connectivity index (χ2v) is 16.7. The van der Waals surface area contributed by atoms with E-state index in [1.807, 2.05) is 40.2 Å². The summed E-state index contributed by atoms with van der Waals surface area (Å²) in [5, 5.41) is 13.6. The molecule has 0 saturated heterocycles. The Hall–Kier alpha value is -3.62. The zero-order chi connectivity index (χ0) is 44.3. The lowest BCUT2D eigenvalue weighted by atomic mass is 10.1. The van der Waals surface area contributed by atoms with Gasteiger partial charge < -0.3 is 28.8 Å². The molecule has 0 fully saturated rings. The molecule has 336 valence electrons. The normalized spacial score (nSPS) is 15.7. The smallest absolute Gasteiger partial charge is 0.268 e. The molecule has 0 radical (unpaired) electrons. The van der Waals surface area contributed by atoms with Gasteiger partial charge in [-0.25, -0.2) is 0 Å². The van der Waals surface area contributed by atoms with Crippen LogP contribution in [0.4, 0.5) is 0 Å². The van der Waals surface area contributed by atoms with Gasteiger partial charge in [-0.3, -0.25) is 9.36 Å². The highest BCUT2D eigenvalue weighted by Gasteiger charge is 2.23. The molecule has 8 nitrogen and oxygen atoms in total. The average Bonchev–Trinajstić information content (AvgIpc) is 3.20. The predicted molar refractivity (Wildman–Crippen MR) is 255 cm³/mol. The van der Waals surface area contributed by atoms with Gasteiger partial charge in [0.05, 0.1) is 39.9 Å². The van der Waals surface area contributed by atoms with E-state index >= 15 is 0 Å². The Kier molecular flexibility index (Phi) is 38.3. The van der Waals surface area contributed by atoms with Crippen LogP contribution in [0.2, 0.25) is 0 Å². The van der Waals surface area contributed by atoms with Crippen LogP contribution in [-0.4, -0.2) is 68.5 Å². The van der Waals surface area contributed by atoms with E-state index in [-0.39, 0.29) is 18.9 Å². The highest BCUT2D eigenvalue weighted by molar-refractivity contribution is 7.45. The van der Waals surface area contributed by atoms with Gasteiger partial charge >= 0.3 is 0 Å². The molecule has 0 aromatic heterocycles. The van der Waals surface area contributed by atoms with E-state index in [1.54, 1.807) is 6.08 Å². The highest BCUT2D eigenvalue weighted by Crippen LogP contribution is 2.38. The molecule has 60 heavy (non-hydrogen) atoms. The summed E-state index contributed by atoms with van der Waals surface area (Å²) in [5.74, 6) is -0.282. The summed E-state index contributed by atoms with van der Waals surface area (Å²) in [6.45, 7) is 4.17. The van der Waals surface area contributed by atoms with Crippen LogP contribution in [0, 0.1) is 0 Å². The van der Waals surface area contributed by atoms with E-state index in [4.69, 9.17) is 9.05 Å². The van der Waals surface area contributed by atoms with Crippen molar-refractivity contribution in [2.24, 2.45) is 0 Å². The maximum absolute atomic E-state index is 12.8. The van der Waals surface area contributed by atoms with Crippen LogP contribution in [0.25, 0.3) is 0 Å². The van der Waals surface area contributed by atoms with Crippen molar-refractivity contribution in [2.45, 2.75) is 129 Å². The number of aliphatic hydroxyl groups is 1. The molecule has 0 spiro atoms. The van der Waals surface area contributed by atoms with Gasteiger partial charge in [0, 0.05) is 6.42 Å². The summed E-state index contributed by atoms with van der Waals surface area (Å²) in [7, 11) is 1.16. The second-order valence-electron chi connectivity index (χ2n) is 15.3.